The number of carbonyl (C=O) groups is 1. The molecule has 16 heavy (non-hydrogen) atoms. The van der Waals surface area contributed by atoms with Crippen LogP contribution in [0.5, 0.6) is 0 Å². The molecular weight excluding hydrogens is 319 g/mol. The highest BCUT2D eigenvalue weighted by Crippen LogP contribution is 2.08. The first-order valence-electron chi connectivity index (χ1n) is 5.36. The molecule has 0 spiro atoms. The van der Waals surface area contributed by atoms with Crippen LogP contribution in [0.15, 0.2) is 4.99 Å². The van der Waals surface area contributed by atoms with Crippen molar-refractivity contribution in [2.45, 2.75) is 19.3 Å². The fourth-order valence-corrected chi connectivity index (χ4v) is 1.53. The molecule has 1 aliphatic heterocycles. The van der Waals surface area contributed by atoms with Gasteiger partial charge in [-0.2, -0.15) is 0 Å². The van der Waals surface area contributed by atoms with Crippen LogP contribution in [-0.2, 0) is 4.79 Å². The number of carbonyl (C=O) groups excluding carboxylic acids is 1. The van der Waals surface area contributed by atoms with Crippen molar-refractivity contribution >= 4 is 35.8 Å². The second kappa shape index (κ2) is 7.70. The maximum atomic E-state index is 11.7. The number of halogens is 1. The Morgan fingerprint density at radius 3 is 2.38 bits per heavy atom. The minimum Gasteiger partial charge on any atom is -0.370 e. The Kier molecular flexibility index (Phi) is 7.44. The molecule has 1 heterocycles. The predicted molar refractivity (Wildman–Crippen MR) is 76.0 cm³/mol. The second-order valence-electron chi connectivity index (χ2n) is 4.01. The van der Waals surface area contributed by atoms with Crippen molar-refractivity contribution in [1.82, 2.24) is 9.80 Å². The van der Waals surface area contributed by atoms with E-state index in [1.807, 2.05) is 19.0 Å². The van der Waals surface area contributed by atoms with Gasteiger partial charge in [0.05, 0.1) is 0 Å². The van der Waals surface area contributed by atoms with Gasteiger partial charge in [0.1, 0.15) is 6.54 Å². The number of nitrogens with zero attached hydrogens (tertiary/aromatic N) is 3. The zero-order valence-corrected chi connectivity index (χ0v) is 12.3. The summed E-state index contributed by atoms with van der Waals surface area (Å²) in [5.74, 6) is 0.486. The number of piperidine rings is 1. The molecule has 5 nitrogen and oxygen atoms in total. The maximum Gasteiger partial charge on any atom is 0.244 e. The van der Waals surface area contributed by atoms with Crippen molar-refractivity contribution in [3.63, 3.8) is 0 Å². The molecule has 1 rings (SSSR count). The summed E-state index contributed by atoms with van der Waals surface area (Å²) in [5, 5.41) is 0. The number of aliphatic imine (C=N–C) groups is 1. The van der Waals surface area contributed by atoms with Crippen molar-refractivity contribution < 1.29 is 4.79 Å². The van der Waals surface area contributed by atoms with Gasteiger partial charge >= 0.3 is 0 Å². The first-order valence-corrected chi connectivity index (χ1v) is 5.36. The Bertz CT molecular complexity index is 249. The zero-order chi connectivity index (χ0) is 11.3. The van der Waals surface area contributed by atoms with E-state index in [2.05, 4.69) is 4.99 Å². The Balaban J connectivity index is 0.00000225. The number of likely N-dealkylation sites (tertiary alicyclic amines) is 1. The van der Waals surface area contributed by atoms with Crippen LogP contribution in [0.2, 0.25) is 0 Å². The van der Waals surface area contributed by atoms with Crippen LogP contribution in [0.3, 0.4) is 0 Å². The van der Waals surface area contributed by atoms with Gasteiger partial charge in [-0.1, -0.05) is 0 Å². The van der Waals surface area contributed by atoms with E-state index in [1.165, 1.54) is 6.42 Å². The lowest BCUT2D eigenvalue weighted by Gasteiger charge is -2.26. The summed E-state index contributed by atoms with van der Waals surface area (Å²) in [6.45, 7) is 1.91. The third-order valence-corrected chi connectivity index (χ3v) is 2.54. The first kappa shape index (κ1) is 15.5. The highest BCUT2D eigenvalue weighted by atomic mass is 127. The Hall–Kier alpha value is -0.530. The number of hydrogen-bond donors (Lipinski definition) is 1. The average Bonchev–Trinajstić information content (AvgIpc) is 2.26. The number of hydrogen-bond acceptors (Lipinski definition) is 2. The van der Waals surface area contributed by atoms with Crippen molar-refractivity contribution in [3.05, 3.63) is 0 Å². The fourth-order valence-electron chi connectivity index (χ4n) is 1.53. The van der Waals surface area contributed by atoms with Crippen LogP contribution >= 0.6 is 24.0 Å². The van der Waals surface area contributed by atoms with Gasteiger partial charge in [-0.25, -0.2) is 4.99 Å². The van der Waals surface area contributed by atoms with E-state index in [-0.39, 0.29) is 36.4 Å². The number of amides is 1. The summed E-state index contributed by atoms with van der Waals surface area (Å²) in [5.41, 5.74) is 5.60. The monoisotopic (exact) mass is 340 g/mol. The maximum absolute atomic E-state index is 11.7. The smallest absolute Gasteiger partial charge is 0.244 e. The van der Waals surface area contributed by atoms with Crippen molar-refractivity contribution in [2.24, 2.45) is 10.7 Å². The average molecular weight is 340 g/mol. The molecule has 0 bridgehead atoms. The summed E-state index contributed by atoms with van der Waals surface area (Å²) < 4.78 is 0. The van der Waals surface area contributed by atoms with E-state index < -0.39 is 0 Å². The SMILES string of the molecule is CN(C)C(N)=NCC(=O)N1CCCCC1.I. The van der Waals surface area contributed by atoms with E-state index in [0.717, 1.165) is 25.9 Å². The van der Waals surface area contributed by atoms with E-state index in [4.69, 9.17) is 5.73 Å². The van der Waals surface area contributed by atoms with Crippen molar-refractivity contribution in [3.8, 4) is 0 Å². The van der Waals surface area contributed by atoms with Gasteiger partial charge in [-0.05, 0) is 19.3 Å². The van der Waals surface area contributed by atoms with Gasteiger partial charge in [0.15, 0.2) is 5.96 Å². The van der Waals surface area contributed by atoms with E-state index in [1.54, 1.807) is 4.90 Å². The van der Waals surface area contributed by atoms with E-state index in [0.29, 0.717) is 5.96 Å². The molecular formula is C10H21IN4O. The van der Waals surface area contributed by atoms with Gasteiger partial charge < -0.3 is 15.5 Å². The Morgan fingerprint density at radius 1 is 1.31 bits per heavy atom. The summed E-state index contributed by atoms with van der Waals surface area (Å²) in [4.78, 5) is 19.3. The van der Waals surface area contributed by atoms with Gasteiger partial charge in [-0.15, -0.1) is 24.0 Å². The number of rotatable bonds is 2. The number of nitrogens with two attached hydrogens (primary N) is 1. The minimum absolute atomic E-state index is 0. The van der Waals surface area contributed by atoms with Crippen LogP contribution in [0.4, 0.5) is 0 Å². The van der Waals surface area contributed by atoms with E-state index >= 15 is 0 Å². The molecule has 0 saturated carbocycles. The lowest BCUT2D eigenvalue weighted by molar-refractivity contribution is -0.130. The largest absolute Gasteiger partial charge is 0.370 e. The molecule has 0 radical (unpaired) electrons. The van der Waals surface area contributed by atoms with Crippen molar-refractivity contribution in [1.29, 1.82) is 0 Å². The third-order valence-electron chi connectivity index (χ3n) is 2.54. The number of guanidine groups is 1. The van der Waals surface area contributed by atoms with Crippen LogP contribution in [-0.4, -0.2) is 55.4 Å². The van der Waals surface area contributed by atoms with Crippen LogP contribution in [0, 0.1) is 0 Å². The molecule has 1 amide bonds. The highest BCUT2D eigenvalue weighted by Gasteiger charge is 2.15. The van der Waals surface area contributed by atoms with Crippen LogP contribution < -0.4 is 5.73 Å². The molecule has 0 aliphatic carbocycles. The fraction of sp³-hybridized carbons (Fsp3) is 0.800. The zero-order valence-electron chi connectivity index (χ0n) is 9.98. The third kappa shape index (κ3) is 5.00. The van der Waals surface area contributed by atoms with E-state index in [9.17, 15) is 4.79 Å². The molecule has 2 N–H and O–H groups in total. The normalized spacial score (nSPS) is 16.6. The minimum atomic E-state index is 0. The second-order valence-corrected chi connectivity index (χ2v) is 4.01. The topological polar surface area (TPSA) is 61.9 Å². The first-order chi connectivity index (χ1) is 7.11. The highest BCUT2D eigenvalue weighted by molar-refractivity contribution is 14.0. The molecule has 0 aromatic heterocycles. The standard InChI is InChI=1S/C10H20N4O.HI/c1-13(2)10(11)12-8-9(15)14-6-4-3-5-7-14;/h3-8H2,1-2H3,(H2,11,12);1H. The predicted octanol–water partition coefficient (Wildman–Crippen LogP) is 0.493. The molecule has 0 aromatic rings. The van der Waals surface area contributed by atoms with Gasteiger partial charge in [0, 0.05) is 27.2 Å². The van der Waals surface area contributed by atoms with Gasteiger partial charge in [0.25, 0.3) is 0 Å². The molecule has 6 heteroatoms. The quantitative estimate of drug-likeness (QED) is 0.452. The molecule has 1 fully saturated rings. The van der Waals surface area contributed by atoms with Crippen molar-refractivity contribution in [2.75, 3.05) is 33.7 Å². The summed E-state index contributed by atoms with van der Waals surface area (Å²) in [6, 6.07) is 0. The Morgan fingerprint density at radius 2 is 1.88 bits per heavy atom. The summed E-state index contributed by atoms with van der Waals surface area (Å²) >= 11 is 0. The molecule has 1 saturated heterocycles. The molecule has 94 valence electrons. The molecule has 0 unspecified atom stereocenters. The van der Waals surface area contributed by atoms with Crippen LogP contribution in [0.1, 0.15) is 19.3 Å². The van der Waals surface area contributed by atoms with Crippen LogP contribution in [0.25, 0.3) is 0 Å². The summed E-state index contributed by atoms with van der Waals surface area (Å²) in [7, 11) is 3.62. The molecule has 0 aromatic carbocycles. The molecule has 0 atom stereocenters. The lowest BCUT2D eigenvalue weighted by atomic mass is 10.1. The van der Waals surface area contributed by atoms with Gasteiger partial charge in [-0.3, -0.25) is 4.79 Å². The summed E-state index contributed by atoms with van der Waals surface area (Å²) in [6.07, 6.45) is 3.45. The lowest BCUT2D eigenvalue weighted by Crippen LogP contribution is -2.38. The Labute approximate surface area is 114 Å². The molecule has 1 aliphatic rings. The van der Waals surface area contributed by atoms with Gasteiger partial charge in [0.2, 0.25) is 5.91 Å².